The first-order chi connectivity index (χ1) is 11.1. The van der Waals surface area contributed by atoms with Crippen molar-refractivity contribution < 1.29 is 4.39 Å². The maximum Gasteiger partial charge on any atom is 0.252 e. The molecule has 0 saturated carbocycles. The first kappa shape index (κ1) is 16.0. The van der Waals surface area contributed by atoms with Gasteiger partial charge >= 0.3 is 0 Å². The highest BCUT2D eigenvalue weighted by Gasteiger charge is 2.12. The lowest BCUT2D eigenvalue weighted by molar-refractivity contribution is 0.627. The molecule has 5 nitrogen and oxygen atoms in total. The van der Waals surface area contributed by atoms with Crippen LogP contribution in [-0.2, 0) is 12.2 Å². The molecular formula is C15H14ClFN4OS. The fraction of sp³-hybridized carbons (Fsp3) is 0.267. The van der Waals surface area contributed by atoms with Gasteiger partial charge in [-0.2, -0.15) is 0 Å². The van der Waals surface area contributed by atoms with E-state index in [0.29, 0.717) is 16.7 Å². The summed E-state index contributed by atoms with van der Waals surface area (Å²) in [5, 5.41) is 8.90. The number of H-pyrrole nitrogens is 1. The number of fused-ring (bicyclic) bond motifs is 1. The molecule has 0 radical (unpaired) electrons. The van der Waals surface area contributed by atoms with Gasteiger partial charge in [0, 0.05) is 17.5 Å². The summed E-state index contributed by atoms with van der Waals surface area (Å²) in [5.41, 5.74) is 1.47. The average Bonchev–Trinajstić information content (AvgIpc) is 2.92. The number of nitrogens with zero attached hydrogens (tertiary/aromatic N) is 3. The van der Waals surface area contributed by atoms with E-state index in [1.165, 1.54) is 23.9 Å². The topological polar surface area (TPSA) is 63.0 Å². The van der Waals surface area contributed by atoms with Gasteiger partial charge in [0.2, 0.25) is 5.78 Å². The molecule has 0 spiro atoms. The van der Waals surface area contributed by atoms with Crippen molar-refractivity contribution in [2.75, 3.05) is 0 Å². The van der Waals surface area contributed by atoms with E-state index in [9.17, 15) is 9.18 Å². The van der Waals surface area contributed by atoms with Crippen molar-refractivity contribution in [3.8, 4) is 0 Å². The summed E-state index contributed by atoms with van der Waals surface area (Å²) in [5.74, 6) is 0.511. The number of aryl methyl sites for hydroxylation is 1. The number of hydrogen-bond donors (Lipinski definition) is 1. The van der Waals surface area contributed by atoms with Crippen LogP contribution in [0.25, 0.3) is 5.78 Å². The van der Waals surface area contributed by atoms with Crippen molar-refractivity contribution in [2.24, 2.45) is 0 Å². The third-order valence-corrected chi connectivity index (χ3v) is 4.62. The molecule has 8 heteroatoms. The van der Waals surface area contributed by atoms with E-state index in [1.54, 1.807) is 12.1 Å². The molecule has 0 fully saturated rings. The van der Waals surface area contributed by atoms with Gasteiger partial charge in [0.15, 0.2) is 5.16 Å². The molecule has 0 aliphatic carbocycles. The van der Waals surface area contributed by atoms with Crippen LogP contribution in [-0.4, -0.2) is 19.6 Å². The van der Waals surface area contributed by atoms with E-state index in [1.807, 2.05) is 11.3 Å². The average molecular weight is 353 g/mol. The molecule has 0 aliphatic heterocycles. The maximum atomic E-state index is 13.5. The second kappa shape index (κ2) is 6.72. The first-order valence-corrected chi connectivity index (χ1v) is 8.49. The fourth-order valence-corrected chi connectivity index (χ4v) is 3.31. The van der Waals surface area contributed by atoms with Gasteiger partial charge < -0.3 is 0 Å². The Morgan fingerprint density at radius 1 is 1.35 bits per heavy atom. The molecule has 0 aliphatic rings. The van der Waals surface area contributed by atoms with E-state index < -0.39 is 5.82 Å². The third kappa shape index (κ3) is 3.40. The Hall–Kier alpha value is -1.86. The van der Waals surface area contributed by atoms with Crippen molar-refractivity contribution in [1.29, 1.82) is 0 Å². The monoisotopic (exact) mass is 352 g/mol. The molecule has 2 aromatic heterocycles. The number of rotatable bonds is 5. The predicted molar refractivity (Wildman–Crippen MR) is 88.6 cm³/mol. The lowest BCUT2D eigenvalue weighted by Gasteiger charge is -2.06. The number of halogens is 2. The molecule has 120 valence electrons. The highest BCUT2D eigenvalue weighted by molar-refractivity contribution is 7.98. The van der Waals surface area contributed by atoms with Gasteiger partial charge in [0.05, 0.1) is 5.02 Å². The molecule has 1 N–H and O–H groups in total. The molecule has 0 atom stereocenters. The zero-order valence-electron chi connectivity index (χ0n) is 12.3. The molecule has 23 heavy (non-hydrogen) atoms. The Kier molecular flexibility index (Phi) is 4.68. The lowest BCUT2D eigenvalue weighted by Crippen LogP contribution is -2.11. The summed E-state index contributed by atoms with van der Waals surface area (Å²) < 4.78 is 15.3. The van der Waals surface area contributed by atoms with Gasteiger partial charge in [-0.3, -0.25) is 14.2 Å². The van der Waals surface area contributed by atoms with Crippen LogP contribution in [0.15, 0.2) is 34.2 Å². The number of nitrogens with one attached hydrogen (secondary N) is 1. The number of benzene rings is 1. The minimum Gasteiger partial charge on any atom is -0.291 e. The largest absolute Gasteiger partial charge is 0.291 e. The second-order valence-corrected chi connectivity index (χ2v) is 6.40. The van der Waals surface area contributed by atoms with Gasteiger partial charge in [-0.1, -0.05) is 42.8 Å². The van der Waals surface area contributed by atoms with E-state index in [2.05, 4.69) is 15.2 Å². The van der Waals surface area contributed by atoms with E-state index >= 15 is 0 Å². The Bertz CT molecular complexity index is 908. The zero-order valence-corrected chi connectivity index (χ0v) is 13.9. The predicted octanol–water partition coefficient (Wildman–Crippen LogP) is 3.45. The molecule has 0 unspecified atom stereocenters. The molecule has 1 aromatic carbocycles. The third-order valence-electron chi connectivity index (χ3n) is 3.31. The SMILES string of the molecule is CCCc1cc(=O)[nH]c2nnc(SCc3ccc(Cl)c(F)c3)n12. The van der Waals surface area contributed by atoms with Crippen molar-refractivity contribution in [1.82, 2.24) is 19.6 Å². The minimum absolute atomic E-state index is 0.106. The quantitative estimate of drug-likeness (QED) is 0.714. The van der Waals surface area contributed by atoms with Gasteiger partial charge in [-0.05, 0) is 24.1 Å². The second-order valence-electron chi connectivity index (χ2n) is 5.05. The van der Waals surface area contributed by atoms with Crippen LogP contribution in [0.1, 0.15) is 24.6 Å². The highest BCUT2D eigenvalue weighted by Crippen LogP contribution is 2.24. The van der Waals surface area contributed by atoms with E-state index in [-0.39, 0.29) is 10.6 Å². The van der Waals surface area contributed by atoms with Crippen LogP contribution in [0.4, 0.5) is 4.39 Å². The molecular weight excluding hydrogens is 339 g/mol. The van der Waals surface area contributed by atoms with Crippen LogP contribution in [0, 0.1) is 5.82 Å². The molecule has 3 aromatic rings. The van der Waals surface area contributed by atoms with Crippen LogP contribution in [0.3, 0.4) is 0 Å². The molecule has 3 rings (SSSR count). The summed E-state index contributed by atoms with van der Waals surface area (Å²) in [4.78, 5) is 14.3. The lowest BCUT2D eigenvalue weighted by atomic mass is 10.2. The van der Waals surface area contributed by atoms with Crippen LogP contribution >= 0.6 is 23.4 Å². The van der Waals surface area contributed by atoms with Crippen LogP contribution in [0.5, 0.6) is 0 Å². The smallest absolute Gasteiger partial charge is 0.252 e. The van der Waals surface area contributed by atoms with Crippen molar-refractivity contribution >= 4 is 29.1 Å². The maximum absolute atomic E-state index is 13.5. The van der Waals surface area contributed by atoms with Crippen molar-refractivity contribution in [2.45, 2.75) is 30.7 Å². The van der Waals surface area contributed by atoms with Gasteiger partial charge in [-0.25, -0.2) is 4.39 Å². The summed E-state index contributed by atoms with van der Waals surface area (Å²) in [6, 6.07) is 6.28. The van der Waals surface area contributed by atoms with Gasteiger partial charge in [-0.15, -0.1) is 10.2 Å². The number of hydrogen-bond acceptors (Lipinski definition) is 4. The summed E-state index contributed by atoms with van der Waals surface area (Å²) >= 11 is 7.11. The Labute approximate surface area is 140 Å². The molecule has 0 bridgehead atoms. The summed E-state index contributed by atoms with van der Waals surface area (Å²) in [6.07, 6.45) is 1.66. The van der Waals surface area contributed by atoms with Crippen LogP contribution in [0.2, 0.25) is 5.02 Å². The Balaban J connectivity index is 1.90. The number of aromatic nitrogens is 4. The van der Waals surface area contributed by atoms with Crippen molar-refractivity contribution in [3.63, 3.8) is 0 Å². The van der Waals surface area contributed by atoms with Crippen LogP contribution < -0.4 is 5.56 Å². The first-order valence-electron chi connectivity index (χ1n) is 7.12. The standard InChI is InChI=1S/C15H14ClFN4OS/c1-2-3-10-7-13(22)18-14-19-20-15(21(10)14)23-8-9-4-5-11(16)12(17)6-9/h4-7H,2-3,8H2,1H3,(H,18,19,22). The van der Waals surface area contributed by atoms with Gasteiger partial charge in [0.1, 0.15) is 5.82 Å². The zero-order chi connectivity index (χ0) is 16.4. The molecule has 0 saturated heterocycles. The van der Waals surface area contributed by atoms with E-state index in [0.717, 1.165) is 24.1 Å². The molecule has 2 heterocycles. The van der Waals surface area contributed by atoms with Crippen molar-refractivity contribution in [3.05, 3.63) is 56.7 Å². The highest BCUT2D eigenvalue weighted by atomic mass is 35.5. The Morgan fingerprint density at radius 2 is 2.17 bits per heavy atom. The van der Waals surface area contributed by atoms with Gasteiger partial charge in [0.25, 0.3) is 5.56 Å². The minimum atomic E-state index is -0.438. The normalized spacial score (nSPS) is 11.3. The Morgan fingerprint density at radius 3 is 2.91 bits per heavy atom. The summed E-state index contributed by atoms with van der Waals surface area (Å²) in [6.45, 7) is 2.04. The fourth-order valence-electron chi connectivity index (χ4n) is 2.28. The molecule has 0 amide bonds. The van der Waals surface area contributed by atoms with E-state index in [4.69, 9.17) is 11.6 Å². The number of aromatic amines is 1. The number of thioether (sulfide) groups is 1. The summed E-state index contributed by atoms with van der Waals surface area (Å²) in [7, 11) is 0.